The minimum absolute atomic E-state index is 0.0838. The topological polar surface area (TPSA) is 78.9 Å². The van der Waals surface area contributed by atoms with E-state index in [1.807, 2.05) is 0 Å². The number of carbonyl (C=O) groups excluding carboxylic acids is 3. The summed E-state index contributed by atoms with van der Waals surface area (Å²) < 4.78 is 16.8. The van der Waals surface area contributed by atoms with E-state index >= 15 is 0 Å². The molecule has 0 aromatic carbocycles. The Morgan fingerprint density at radius 2 is 0.500 bits per heavy atom. The second-order valence-electron chi connectivity index (χ2n) is 20.9. The van der Waals surface area contributed by atoms with Gasteiger partial charge in [-0.25, -0.2) is 0 Å². The standard InChI is InChI=1S/C72H118O6/c1-4-7-10-13-16-18-20-22-24-26-28-30-32-34-35-36-37-39-40-42-44-46-48-50-52-54-56-59-62-65-71(74)77-68-69(67-76-70(73)64-61-58-15-12-9-6-3)78-72(75)66-63-60-57-55-53-51-49-47-45-43-41-38-33-31-29-27-25-23-21-19-17-14-11-8-5-2/h7-8,10-11,16-19,22-25,28-31,34-35,37-39,41,69H,4-6,9,12-15,20-21,26-27,32-33,36,40,42-68H2,1-3H3/b10-7-,11-8-,18-16-,19-17-,24-22-,25-23-,30-28-,31-29-,35-34-,39-37-,41-38-. The van der Waals surface area contributed by atoms with E-state index in [2.05, 4.69) is 154 Å². The lowest BCUT2D eigenvalue weighted by Crippen LogP contribution is -2.30. The van der Waals surface area contributed by atoms with Crippen molar-refractivity contribution < 1.29 is 28.6 Å². The van der Waals surface area contributed by atoms with E-state index in [0.29, 0.717) is 19.3 Å². The summed E-state index contributed by atoms with van der Waals surface area (Å²) >= 11 is 0. The number of unbranched alkanes of at least 4 members (excludes halogenated alkanes) is 24. The predicted octanol–water partition coefficient (Wildman–Crippen LogP) is 22.2. The molecule has 442 valence electrons. The van der Waals surface area contributed by atoms with E-state index in [9.17, 15) is 14.4 Å². The molecule has 6 nitrogen and oxygen atoms in total. The van der Waals surface area contributed by atoms with Gasteiger partial charge in [-0.05, 0) is 116 Å². The molecule has 0 fully saturated rings. The van der Waals surface area contributed by atoms with E-state index in [1.165, 1.54) is 109 Å². The zero-order valence-electron chi connectivity index (χ0n) is 50.6. The molecule has 0 radical (unpaired) electrons. The molecule has 0 amide bonds. The van der Waals surface area contributed by atoms with Crippen molar-refractivity contribution in [2.45, 2.75) is 290 Å². The minimum atomic E-state index is -0.785. The Labute approximate surface area is 481 Å². The molecule has 0 saturated carbocycles. The summed E-state index contributed by atoms with van der Waals surface area (Å²) in [5, 5.41) is 0. The Hall–Kier alpha value is -4.45. The molecule has 1 unspecified atom stereocenters. The maximum atomic E-state index is 12.9. The van der Waals surface area contributed by atoms with Gasteiger partial charge in [-0.1, -0.05) is 283 Å². The van der Waals surface area contributed by atoms with Crippen LogP contribution < -0.4 is 0 Å². The van der Waals surface area contributed by atoms with Crippen molar-refractivity contribution >= 4 is 17.9 Å². The Bertz CT molecular complexity index is 1670. The molecule has 6 heteroatoms. The summed E-state index contributed by atoms with van der Waals surface area (Å²) in [6.07, 6.45) is 92.0. The van der Waals surface area contributed by atoms with Crippen LogP contribution in [0, 0.1) is 0 Å². The summed E-state index contributed by atoms with van der Waals surface area (Å²) in [4.78, 5) is 38.0. The van der Waals surface area contributed by atoms with E-state index in [4.69, 9.17) is 14.2 Å². The van der Waals surface area contributed by atoms with Crippen LogP contribution in [0.25, 0.3) is 0 Å². The van der Waals surface area contributed by atoms with Gasteiger partial charge in [-0.2, -0.15) is 0 Å². The molecule has 0 rings (SSSR count). The average Bonchev–Trinajstić information content (AvgIpc) is 3.44. The quantitative estimate of drug-likeness (QED) is 0.0261. The van der Waals surface area contributed by atoms with Crippen molar-refractivity contribution in [1.29, 1.82) is 0 Å². The third kappa shape index (κ3) is 62.4. The highest BCUT2D eigenvalue weighted by molar-refractivity contribution is 5.71. The summed E-state index contributed by atoms with van der Waals surface area (Å²) in [7, 11) is 0. The largest absolute Gasteiger partial charge is 0.462 e. The fourth-order valence-electron chi connectivity index (χ4n) is 8.65. The number of hydrogen-bond donors (Lipinski definition) is 0. The smallest absolute Gasteiger partial charge is 0.306 e. The van der Waals surface area contributed by atoms with Gasteiger partial charge in [0.05, 0.1) is 0 Å². The predicted molar refractivity (Wildman–Crippen MR) is 339 cm³/mol. The molecule has 0 aliphatic carbocycles. The van der Waals surface area contributed by atoms with Crippen molar-refractivity contribution in [3.63, 3.8) is 0 Å². The number of hydrogen-bond acceptors (Lipinski definition) is 6. The fourth-order valence-corrected chi connectivity index (χ4v) is 8.65. The van der Waals surface area contributed by atoms with Crippen LogP contribution in [0.1, 0.15) is 284 Å². The average molecular weight is 1080 g/mol. The van der Waals surface area contributed by atoms with Crippen molar-refractivity contribution in [3.05, 3.63) is 134 Å². The van der Waals surface area contributed by atoms with Gasteiger partial charge in [0.1, 0.15) is 13.2 Å². The first kappa shape index (κ1) is 73.5. The second-order valence-corrected chi connectivity index (χ2v) is 20.9. The van der Waals surface area contributed by atoms with Crippen LogP contribution in [0.4, 0.5) is 0 Å². The van der Waals surface area contributed by atoms with Gasteiger partial charge in [-0.15, -0.1) is 0 Å². The lowest BCUT2D eigenvalue weighted by molar-refractivity contribution is -0.167. The Morgan fingerprint density at radius 3 is 0.782 bits per heavy atom. The van der Waals surface area contributed by atoms with Crippen LogP contribution in [-0.2, 0) is 28.6 Å². The Kier molecular flexibility index (Phi) is 61.4. The van der Waals surface area contributed by atoms with Gasteiger partial charge in [0, 0.05) is 19.3 Å². The first-order chi connectivity index (χ1) is 38.5. The molecular weight excluding hydrogens is 961 g/mol. The molecule has 1 atom stereocenters. The fraction of sp³-hybridized carbons (Fsp3) is 0.653. The van der Waals surface area contributed by atoms with E-state index in [0.717, 1.165) is 135 Å². The van der Waals surface area contributed by atoms with Crippen molar-refractivity contribution in [2.75, 3.05) is 13.2 Å². The van der Waals surface area contributed by atoms with E-state index in [1.54, 1.807) is 0 Å². The molecule has 78 heavy (non-hydrogen) atoms. The lowest BCUT2D eigenvalue weighted by Gasteiger charge is -2.18. The van der Waals surface area contributed by atoms with Crippen molar-refractivity contribution in [3.8, 4) is 0 Å². The summed E-state index contributed by atoms with van der Waals surface area (Å²) in [5.74, 6) is -0.903. The number of carbonyl (C=O) groups is 3. The zero-order valence-corrected chi connectivity index (χ0v) is 50.6. The third-order valence-corrected chi connectivity index (χ3v) is 13.4. The first-order valence-electron chi connectivity index (χ1n) is 32.2. The van der Waals surface area contributed by atoms with E-state index < -0.39 is 6.10 Å². The van der Waals surface area contributed by atoms with E-state index in [-0.39, 0.29) is 31.1 Å². The minimum Gasteiger partial charge on any atom is -0.462 e. The highest BCUT2D eigenvalue weighted by atomic mass is 16.6. The summed E-state index contributed by atoms with van der Waals surface area (Å²) in [5.41, 5.74) is 0. The molecular formula is C72H118O6. The molecule has 0 aromatic rings. The van der Waals surface area contributed by atoms with Crippen molar-refractivity contribution in [1.82, 2.24) is 0 Å². The zero-order chi connectivity index (χ0) is 56.4. The number of esters is 3. The number of rotatable bonds is 57. The molecule has 0 saturated heterocycles. The van der Waals surface area contributed by atoms with Crippen LogP contribution >= 0.6 is 0 Å². The van der Waals surface area contributed by atoms with Crippen LogP contribution in [0.2, 0.25) is 0 Å². The monoisotopic (exact) mass is 1080 g/mol. The maximum Gasteiger partial charge on any atom is 0.306 e. The Balaban J connectivity index is 4.13. The van der Waals surface area contributed by atoms with Crippen LogP contribution in [0.15, 0.2) is 134 Å². The van der Waals surface area contributed by atoms with Crippen LogP contribution in [0.3, 0.4) is 0 Å². The van der Waals surface area contributed by atoms with Gasteiger partial charge >= 0.3 is 17.9 Å². The molecule has 0 spiro atoms. The SMILES string of the molecule is CC/C=C\C/C=C\C/C=C\C/C=C\C/C=C\C/C=C\CCCCCCCCCCCCC(=O)OCC(COC(=O)CCCCCCCC)OC(=O)CCCCCCCCCCC/C=C\C/C=C\C/C=C\C/C=C\C/C=C\CC. The highest BCUT2D eigenvalue weighted by Crippen LogP contribution is 2.15. The van der Waals surface area contributed by atoms with Gasteiger partial charge in [0.15, 0.2) is 6.10 Å². The molecule has 0 aliphatic rings. The number of ether oxygens (including phenoxy) is 3. The molecule has 0 aliphatic heterocycles. The Morgan fingerprint density at radius 1 is 0.269 bits per heavy atom. The first-order valence-corrected chi connectivity index (χ1v) is 32.2. The normalized spacial score (nSPS) is 13.0. The maximum absolute atomic E-state index is 12.9. The highest BCUT2D eigenvalue weighted by Gasteiger charge is 2.19. The van der Waals surface area contributed by atoms with Gasteiger partial charge in [0.2, 0.25) is 0 Å². The van der Waals surface area contributed by atoms with Crippen LogP contribution in [-0.4, -0.2) is 37.2 Å². The van der Waals surface area contributed by atoms with Gasteiger partial charge in [-0.3, -0.25) is 14.4 Å². The molecule has 0 N–H and O–H groups in total. The molecule has 0 bridgehead atoms. The third-order valence-electron chi connectivity index (χ3n) is 13.4. The molecule has 0 aromatic heterocycles. The summed E-state index contributed by atoms with van der Waals surface area (Å²) in [6.45, 7) is 6.35. The second kappa shape index (κ2) is 65.1. The molecule has 0 heterocycles. The summed E-state index contributed by atoms with van der Waals surface area (Å²) in [6, 6.07) is 0. The van der Waals surface area contributed by atoms with Gasteiger partial charge in [0.25, 0.3) is 0 Å². The number of allylic oxidation sites excluding steroid dienone is 22. The van der Waals surface area contributed by atoms with Crippen LogP contribution in [0.5, 0.6) is 0 Å². The lowest BCUT2D eigenvalue weighted by atomic mass is 10.1. The van der Waals surface area contributed by atoms with Gasteiger partial charge < -0.3 is 14.2 Å². The van der Waals surface area contributed by atoms with Crippen molar-refractivity contribution in [2.24, 2.45) is 0 Å².